The topological polar surface area (TPSA) is 61.8 Å². The number of aliphatic hydroxyl groups is 1. The lowest BCUT2D eigenvalue weighted by Crippen LogP contribution is -2.37. The molecule has 5 nitrogen and oxygen atoms in total. The van der Waals surface area contributed by atoms with Crippen LogP contribution in [0.1, 0.15) is 37.3 Å². The maximum atomic E-state index is 12.3. The summed E-state index contributed by atoms with van der Waals surface area (Å²) in [6.45, 7) is 4.41. The molecule has 0 radical (unpaired) electrons. The largest absolute Gasteiger partial charge is 0.395 e. The number of hydrogen-bond donors (Lipinski definition) is 2. The molecule has 0 saturated carbocycles. The van der Waals surface area contributed by atoms with Crippen LogP contribution >= 0.6 is 0 Å². The Balaban J connectivity index is 1.94. The van der Waals surface area contributed by atoms with Crippen LogP contribution in [-0.2, 0) is 18.0 Å². The molecule has 0 fully saturated rings. The number of fused-ring (bicyclic) bond motifs is 1. The molecule has 2 amide bonds. The van der Waals surface area contributed by atoms with E-state index in [9.17, 15) is 4.79 Å². The van der Waals surface area contributed by atoms with Crippen molar-refractivity contribution in [1.29, 1.82) is 0 Å². The number of rotatable bonds is 7. The van der Waals surface area contributed by atoms with E-state index in [1.54, 1.807) is 4.90 Å². The molecule has 1 aromatic carbocycles. The summed E-state index contributed by atoms with van der Waals surface area (Å²) in [6, 6.07) is 5.70. The van der Waals surface area contributed by atoms with Crippen LogP contribution in [0.4, 0.5) is 10.5 Å². The van der Waals surface area contributed by atoms with E-state index in [1.165, 1.54) is 5.56 Å². The fraction of sp³-hybridized carbons (Fsp3) is 0.562. The number of nitrogens with one attached hydrogen (secondary N) is 1. The van der Waals surface area contributed by atoms with Crippen molar-refractivity contribution >= 4 is 11.7 Å². The van der Waals surface area contributed by atoms with E-state index in [4.69, 9.17) is 9.84 Å². The number of unbranched alkanes of at least 4 members (excludes halogenated alkanes) is 2. The minimum Gasteiger partial charge on any atom is -0.395 e. The molecule has 116 valence electrons. The average molecular weight is 292 g/mol. The average Bonchev–Trinajstić information content (AvgIpc) is 2.94. The van der Waals surface area contributed by atoms with Gasteiger partial charge in [-0.3, -0.25) is 0 Å². The lowest BCUT2D eigenvalue weighted by Gasteiger charge is -2.22. The van der Waals surface area contributed by atoms with E-state index in [0.29, 0.717) is 26.3 Å². The number of urea groups is 1. The van der Waals surface area contributed by atoms with Crippen LogP contribution in [0, 0.1) is 0 Å². The molecule has 0 unspecified atom stereocenters. The zero-order chi connectivity index (χ0) is 15.1. The molecule has 0 spiro atoms. The molecule has 2 rings (SSSR count). The zero-order valence-electron chi connectivity index (χ0n) is 12.6. The van der Waals surface area contributed by atoms with Gasteiger partial charge in [0.1, 0.15) is 0 Å². The van der Waals surface area contributed by atoms with Crippen LogP contribution in [-0.4, -0.2) is 35.7 Å². The molecule has 0 saturated heterocycles. The summed E-state index contributed by atoms with van der Waals surface area (Å²) >= 11 is 0. The maximum absolute atomic E-state index is 12.3. The molecule has 2 N–H and O–H groups in total. The molecule has 0 bridgehead atoms. The molecule has 0 aromatic heterocycles. The van der Waals surface area contributed by atoms with Gasteiger partial charge in [0, 0.05) is 18.8 Å². The third-order valence-corrected chi connectivity index (χ3v) is 3.66. The molecule has 1 aromatic rings. The number of carbonyl (C=O) groups is 1. The van der Waals surface area contributed by atoms with Gasteiger partial charge >= 0.3 is 6.03 Å². The van der Waals surface area contributed by atoms with Crippen molar-refractivity contribution in [2.75, 3.05) is 25.0 Å². The minimum atomic E-state index is -0.154. The van der Waals surface area contributed by atoms with Crippen molar-refractivity contribution in [3.8, 4) is 0 Å². The van der Waals surface area contributed by atoms with E-state index in [2.05, 4.69) is 12.2 Å². The monoisotopic (exact) mass is 292 g/mol. The van der Waals surface area contributed by atoms with Crippen molar-refractivity contribution < 1.29 is 14.6 Å². The summed E-state index contributed by atoms with van der Waals surface area (Å²) in [6.07, 6.45) is 3.16. The number of nitrogens with zero attached hydrogens (tertiary/aromatic N) is 1. The normalized spacial score (nSPS) is 13.0. The van der Waals surface area contributed by atoms with Gasteiger partial charge in [-0.05, 0) is 29.7 Å². The number of ether oxygens (including phenoxy) is 1. The van der Waals surface area contributed by atoms with E-state index >= 15 is 0 Å². The molecule has 1 heterocycles. The first-order valence-electron chi connectivity index (χ1n) is 7.61. The van der Waals surface area contributed by atoms with Gasteiger partial charge in [0.25, 0.3) is 0 Å². The Bertz CT molecular complexity index is 477. The number of hydrogen-bond acceptors (Lipinski definition) is 3. The van der Waals surface area contributed by atoms with E-state index < -0.39 is 0 Å². The van der Waals surface area contributed by atoms with E-state index in [1.807, 2.05) is 18.2 Å². The summed E-state index contributed by atoms with van der Waals surface area (Å²) in [5.41, 5.74) is 3.10. The van der Waals surface area contributed by atoms with Gasteiger partial charge in [-0.15, -0.1) is 0 Å². The second-order valence-electron chi connectivity index (χ2n) is 5.32. The third-order valence-electron chi connectivity index (χ3n) is 3.66. The van der Waals surface area contributed by atoms with Crippen molar-refractivity contribution in [1.82, 2.24) is 4.90 Å². The Hall–Kier alpha value is -1.59. The predicted octanol–water partition coefficient (Wildman–Crippen LogP) is 2.73. The molecule has 5 heteroatoms. The fourth-order valence-corrected chi connectivity index (χ4v) is 2.44. The van der Waals surface area contributed by atoms with E-state index in [-0.39, 0.29) is 12.6 Å². The number of amides is 2. The predicted molar refractivity (Wildman–Crippen MR) is 82.1 cm³/mol. The van der Waals surface area contributed by atoms with Gasteiger partial charge in [-0.2, -0.15) is 0 Å². The number of benzene rings is 1. The smallest absolute Gasteiger partial charge is 0.321 e. The quantitative estimate of drug-likeness (QED) is 0.760. The highest BCUT2D eigenvalue weighted by Crippen LogP contribution is 2.23. The SMILES string of the molecule is CCCCCN(CCO)C(=O)Nc1ccc2c(c1)COC2. The van der Waals surface area contributed by atoms with Gasteiger partial charge in [0.15, 0.2) is 0 Å². The van der Waals surface area contributed by atoms with Gasteiger partial charge < -0.3 is 20.1 Å². The molecular formula is C16H24N2O3. The number of carbonyl (C=O) groups excluding carboxylic acids is 1. The van der Waals surface area contributed by atoms with Crippen molar-refractivity contribution in [3.05, 3.63) is 29.3 Å². The van der Waals surface area contributed by atoms with Crippen LogP contribution in [0.5, 0.6) is 0 Å². The standard InChI is InChI=1S/C16H24N2O3/c1-2-3-4-7-18(8-9-19)16(20)17-15-6-5-13-11-21-12-14(13)10-15/h5-6,10,19H,2-4,7-9,11-12H2,1H3,(H,17,20). The first kappa shape index (κ1) is 15.8. The lowest BCUT2D eigenvalue weighted by molar-refractivity contribution is 0.134. The maximum Gasteiger partial charge on any atom is 0.321 e. The lowest BCUT2D eigenvalue weighted by atomic mass is 10.1. The number of aliphatic hydroxyl groups excluding tert-OH is 1. The molecule has 1 aliphatic heterocycles. The van der Waals surface area contributed by atoms with Crippen molar-refractivity contribution in [2.45, 2.75) is 39.4 Å². The van der Waals surface area contributed by atoms with Crippen LogP contribution in [0.2, 0.25) is 0 Å². The summed E-state index contributed by atoms with van der Waals surface area (Å²) in [7, 11) is 0. The van der Waals surface area contributed by atoms with E-state index in [0.717, 1.165) is 30.5 Å². The Labute approximate surface area is 125 Å². The van der Waals surface area contributed by atoms with Gasteiger partial charge in [0.2, 0.25) is 0 Å². The van der Waals surface area contributed by atoms with Crippen molar-refractivity contribution in [2.24, 2.45) is 0 Å². The van der Waals surface area contributed by atoms with Crippen molar-refractivity contribution in [3.63, 3.8) is 0 Å². The first-order chi connectivity index (χ1) is 10.2. The molecule has 0 aliphatic carbocycles. The third kappa shape index (κ3) is 4.44. The molecular weight excluding hydrogens is 268 g/mol. The highest BCUT2D eigenvalue weighted by molar-refractivity contribution is 5.89. The van der Waals surface area contributed by atoms with Crippen LogP contribution in [0.15, 0.2) is 18.2 Å². The summed E-state index contributed by atoms with van der Waals surface area (Å²) in [5, 5.41) is 12.0. The second-order valence-corrected chi connectivity index (χ2v) is 5.32. The first-order valence-corrected chi connectivity index (χ1v) is 7.61. The molecule has 0 atom stereocenters. The Morgan fingerprint density at radius 2 is 2.10 bits per heavy atom. The zero-order valence-corrected chi connectivity index (χ0v) is 12.6. The van der Waals surface area contributed by atoms with Gasteiger partial charge in [-0.1, -0.05) is 25.8 Å². The summed E-state index contributed by atoms with van der Waals surface area (Å²) < 4.78 is 5.37. The Kier molecular flexibility index (Phi) is 6.02. The van der Waals surface area contributed by atoms with Gasteiger partial charge in [-0.25, -0.2) is 4.79 Å². The number of anilines is 1. The highest BCUT2D eigenvalue weighted by Gasteiger charge is 2.15. The summed E-state index contributed by atoms with van der Waals surface area (Å²) in [5.74, 6) is 0. The molecule has 21 heavy (non-hydrogen) atoms. The molecule has 1 aliphatic rings. The second kappa shape index (κ2) is 8.00. The van der Waals surface area contributed by atoms with Crippen LogP contribution in [0.3, 0.4) is 0 Å². The highest BCUT2D eigenvalue weighted by atomic mass is 16.5. The fourth-order valence-electron chi connectivity index (χ4n) is 2.44. The minimum absolute atomic E-state index is 0.0163. The van der Waals surface area contributed by atoms with Gasteiger partial charge in [0.05, 0.1) is 19.8 Å². The summed E-state index contributed by atoms with van der Waals surface area (Å²) in [4.78, 5) is 13.9. The Morgan fingerprint density at radius 3 is 2.86 bits per heavy atom. The van der Waals surface area contributed by atoms with Crippen LogP contribution < -0.4 is 5.32 Å². The Morgan fingerprint density at radius 1 is 1.29 bits per heavy atom. The van der Waals surface area contributed by atoms with Crippen LogP contribution in [0.25, 0.3) is 0 Å².